The minimum absolute atomic E-state index is 0.0600. The molecule has 0 heterocycles. The average molecular weight is 290 g/mol. The lowest BCUT2D eigenvalue weighted by molar-refractivity contribution is -0.142. The number of nitrogens with one attached hydrogen (secondary N) is 1. The number of rotatable bonds is 6. The van der Waals surface area contributed by atoms with E-state index in [0.717, 1.165) is 12.8 Å². The van der Waals surface area contributed by atoms with Crippen LogP contribution in [0.4, 0.5) is 5.69 Å². The number of carbonyl (C=O) groups excluding carboxylic acids is 1. The molecular formula is C16H22N2O3. The molecule has 4 N–H and O–H groups in total. The van der Waals surface area contributed by atoms with Gasteiger partial charge in [-0.1, -0.05) is 12.1 Å². The minimum atomic E-state index is -0.948. The van der Waals surface area contributed by atoms with Gasteiger partial charge in [0.2, 0.25) is 5.91 Å². The Kier molecular flexibility index (Phi) is 4.32. The topological polar surface area (TPSA) is 92.4 Å². The number of amides is 1. The first kappa shape index (κ1) is 15.5. The lowest BCUT2D eigenvalue weighted by Gasteiger charge is -2.20. The third-order valence-corrected chi connectivity index (χ3v) is 4.07. The molecule has 0 bridgehead atoms. The highest BCUT2D eigenvalue weighted by Gasteiger charge is 2.30. The standard InChI is InChI=1S/C16H22N2O3/c1-16(2,15(20)21)11-5-7-12(8-6-11)18-14(19)9-13(17)10-3-4-10/h5-8,10,13H,3-4,9,17H2,1-2H3,(H,18,19)(H,20,21). The van der Waals surface area contributed by atoms with Crippen molar-refractivity contribution in [2.75, 3.05) is 5.32 Å². The van der Waals surface area contributed by atoms with Crippen molar-refractivity contribution in [2.24, 2.45) is 11.7 Å². The third-order valence-electron chi connectivity index (χ3n) is 4.07. The zero-order valence-electron chi connectivity index (χ0n) is 12.4. The second kappa shape index (κ2) is 5.85. The van der Waals surface area contributed by atoms with Gasteiger partial charge in [-0.25, -0.2) is 0 Å². The number of carboxylic acids is 1. The summed E-state index contributed by atoms with van der Waals surface area (Å²) in [5, 5.41) is 12.0. The summed E-state index contributed by atoms with van der Waals surface area (Å²) < 4.78 is 0. The summed E-state index contributed by atoms with van der Waals surface area (Å²) in [5.41, 5.74) is 6.33. The first-order chi connectivity index (χ1) is 9.80. The van der Waals surface area contributed by atoms with Gasteiger partial charge in [-0.05, 0) is 50.3 Å². The number of hydrogen-bond acceptors (Lipinski definition) is 3. The number of benzene rings is 1. The molecule has 1 unspecified atom stereocenters. The molecule has 114 valence electrons. The highest BCUT2D eigenvalue weighted by atomic mass is 16.4. The van der Waals surface area contributed by atoms with Crippen molar-refractivity contribution in [3.8, 4) is 0 Å². The van der Waals surface area contributed by atoms with Gasteiger partial charge in [0.15, 0.2) is 0 Å². The van der Waals surface area contributed by atoms with E-state index in [1.165, 1.54) is 0 Å². The lowest BCUT2D eigenvalue weighted by Crippen LogP contribution is -2.29. The summed E-state index contributed by atoms with van der Waals surface area (Å²) in [6.07, 6.45) is 2.56. The summed E-state index contributed by atoms with van der Waals surface area (Å²) in [4.78, 5) is 23.1. The fourth-order valence-electron chi connectivity index (χ4n) is 2.21. The summed E-state index contributed by atoms with van der Waals surface area (Å²) >= 11 is 0. The Morgan fingerprint density at radius 2 is 1.90 bits per heavy atom. The highest BCUT2D eigenvalue weighted by Crippen LogP contribution is 2.33. The van der Waals surface area contributed by atoms with Gasteiger partial charge in [-0.3, -0.25) is 9.59 Å². The van der Waals surface area contributed by atoms with E-state index in [4.69, 9.17) is 5.73 Å². The molecule has 0 aliphatic heterocycles. The van der Waals surface area contributed by atoms with Gasteiger partial charge in [-0.2, -0.15) is 0 Å². The normalized spacial score (nSPS) is 16.3. The van der Waals surface area contributed by atoms with Crippen molar-refractivity contribution in [3.05, 3.63) is 29.8 Å². The van der Waals surface area contributed by atoms with Gasteiger partial charge in [-0.15, -0.1) is 0 Å². The van der Waals surface area contributed by atoms with Crippen LogP contribution in [0.25, 0.3) is 0 Å². The van der Waals surface area contributed by atoms with E-state index in [1.54, 1.807) is 38.1 Å². The average Bonchev–Trinajstić information content (AvgIpc) is 3.23. The van der Waals surface area contributed by atoms with Gasteiger partial charge in [0.25, 0.3) is 0 Å². The molecule has 1 atom stereocenters. The molecule has 1 fully saturated rings. The van der Waals surface area contributed by atoms with E-state index in [-0.39, 0.29) is 11.9 Å². The number of hydrogen-bond donors (Lipinski definition) is 3. The van der Waals surface area contributed by atoms with Crippen LogP contribution in [0, 0.1) is 5.92 Å². The maximum atomic E-state index is 11.9. The van der Waals surface area contributed by atoms with Crippen molar-refractivity contribution in [3.63, 3.8) is 0 Å². The summed E-state index contributed by atoms with van der Waals surface area (Å²) in [7, 11) is 0. The van der Waals surface area contributed by atoms with Crippen molar-refractivity contribution in [1.29, 1.82) is 0 Å². The number of nitrogens with two attached hydrogens (primary N) is 1. The molecule has 0 spiro atoms. The van der Waals surface area contributed by atoms with E-state index >= 15 is 0 Å². The van der Waals surface area contributed by atoms with E-state index in [9.17, 15) is 14.7 Å². The lowest BCUT2D eigenvalue weighted by atomic mass is 9.85. The number of anilines is 1. The zero-order valence-corrected chi connectivity index (χ0v) is 12.4. The Morgan fingerprint density at radius 1 is 1.33 bits per heavy atom. The summed E-state index contributed by atoms with van der Waals surface area (Å²) in [6.45, 7) is 3.30. The maximum Gasteiger partial charge on any atom is 0.313 e. The van der Waals surface area contributed by atoms with Crippen LogP contribution in [0.2, 0.25) is 0 Å². The van der Waals surface area contributed by atoms with Gasteiger partial charge < -0.3 is 16.2 Å². The molecule has 5 nitrogen and oxygen atoms in total. The Bertz CT molecular complexity index is 533. The van der Waals surface area contributed by atoms with Gasteiger partial charge in [0.05, 0.1) is 5.41 Å². The SMILES string of the molecule is CC(C)(C(=O)O)c1ccc(NC(=O)CC(N)C2CC2)cc1. The van der Waals surface area contributed by atoms with Crippen molar-refractivity contribution < 1.29 is 14.7 Å². The van der Waals surface area contributed by atoms with Gasteiger partial charge >= 0.3 is 5.97 Å². The van der Waals surface area contributed by atoms with Crippen molar-refractivity contribution >= 4 is 17.6 Å². The van der Waals surface area contributed by atoms with Crippen LogP contribution in [0.15, 0.2) is 24.3 Å². The predicted molar refractivity (Wildman–Crippen MR) is 81.0 cm³/mol. The first-order valence-corrected chi connectivity index (χ1v) is 7.20. The zero-order chi connectivity index (χ0) is 15.6. The van der Waals surface area contributed by atoms with Crippen LogP contribution < -0.4 is 11.1 Å². The minimum Gasteiger partial charge on any atom is -0.481 e. The molecule has 1 aromatic carbocycles. The predicted octanol–water partition coefficient (Wildman–Crippen LogP) is 2.11. The second-order valence-electron chi connectivity index (χ2n) is 6.26. The molecule has 0 radical (unpaired) electrons. The maximum absolute atomic E-state index is 11.9. The molecule has 1 aromatic rings. The highest BCUT2D eigenvalue weighted by molar-refractivity contribution is 5.91. The molecule has 1 saturated carbocycles. The Hall–Kier alpha value is -1.88. The monoisotopic (exact) mass is 290 g/mol. The molecule has 1 aliphatic rings. The number of aliphatic carboxylic acids is 1. The quantitative estimate of drug-likeness (QED) is 0.748. The molecular weight excluding hydrogens is 268 g/mol. The van der Waals surface area contributed by atoms with E-state index in [2.05, 4.69) is 5.32 Å². The van der Waals surface area contributed by atoms with E-state index in [0.29, 0.717) is 23.6 Å². The Balaban J connectivity index is 1.95. The second-order valence-corrected chi connectivity index (χ2v) is 6.26. The molecule has 2 rings (SSSR count). The van der Waals surface area contributed by atoms with Crippen LogP contribution in [0.1, 0.15) is 38.7 Å². The molecule has 0 aromatic heterocycles. The number of carbonyl (C=O) groups is 2. The fourth-order valence-corrected chi connectivity index (χ4v) is 2.21. The van der Waals surface area contributed by atoms with Crippen LogP contribution >= 0.6 is 0 Å². The molecule has 0 saturated heterocycles. The molecule has 1 aliphatic carbocycles. The molecule has 5 heteroatoms. The summed E-state index contributed by atoms with van der Waals surface area (Å²) in [5.74, 6) is -0.483. The van der Waals surface area contributed by atoms with Gasteiger partial charge in [0.1, 0.15) is 0 Å². The van der Waals surface area contributed by atoms with Crippen LogP contribution in [0.5, 0.6) is 0 Å². The van der Waals surface area contributed by atoms with Crippen molar-refractivity contribution in [1.82, 2.24) is 0 Å². The summed E-state index contributed by atoms with van der Waals surface area (Å²) in [6, 6.07) is 6.84. The van der Waals surface area contributed by atoms with Gasteiger partial charge in [0, 0.05) is 18.2 Å². The first-order valence-electron chi connectivity index (χ1n) is 7.20. The fraction of sp³-hybridized carbons (Fsp3) is 0.500. The van der Waals surface area contributed by atoms with E-state index in [1.807, 2.05) is 0 Å². The van der Waals surface area contributed by atoms with Crippen LogP contribution in [-0.4, -0.2) is 23.0 Å². The Labute approximate surface area is 124 Å². The number of carboxylic acid groups (broad SMARTS) is 1. The molecule has 1 amide bonds. The third kappa shape index (κ3) is 3.82. The smallest absolute Gasteiger partial charge is 0.313 e. The van der Waals surface area contributed by atoms with Crippen LogP contribution in [0.3, 0.4) is 0 Å². The molecule has 21 heavy (non-hydrogen) atoms. The Morgan fingerprint density at radius 3 is 2.38 bits per heavy atom. The van der Waals surface area contributed by atoms with Crippen LogP contribution in [-0.2, 0) is 15.0 Å². The van der Waals surface area contributed by atoms with E-state index < -0.39 is 11.4 Å². The largest absolute Gasteiger partial charge is 0.481 e. The van der Waals surface area contributed by atoms with Crippen molar-refractivity contribution in [2.45, 2.75) is 44.6 Å².